The molecule has 0 spiro atoms. The van der Waals surface area contributed by atoms with Crippen molar-refractivity contribution in [3.8, 4) is 21.3 Å². The van der Waals surface area contributed by atoms with Gasteiger partial charge in [0.05, 0.1) is 37.1 Å². The highest BCUT2D eigenvalue weighted by molar-refractivity contribution is 7.30. The molecule has 0 bridgehead atoms. The average Bonchev–Trinajstić information content (AvgIpc) is 4.05. The SMILES string of the molecule is CCCCC(CC)COc1c2cc(C(C)(C)CCC)sc2c(OCC(CC)CCCC)c2cc(-c3sc(C(C)(CC)CCC)c4sc(C(=O)C(CC)CCCC)cc34)sc12. The number of benzene rings is 1. The highest BCUT2D eigenvalue weighted by atomic mass is 32.1. The minimum absolute atomic E-state index is 0.0539. The lowest BCUT2D eigenvalue weighted by Gasteiger charge is -2.26. The Balaban J connectivity index is 1.80. The summed E-state index contributed by atoms with van der Waals surface area (Å²) in [4.78, 5) is 20.6. The molecule has 0 N–H and O–H groups in total. The molecule has 0 fully saturated rings. The molecule has 4 atom stereocenters. The van der Waals surface area contributed by atoms with Gasteiger partial charge >= 0.3 is 0 Å². The van der Waals surface area contributed by atoms with Gasteiger partial charge in [-0.05, 0) is 80.4 Å². The van der Waals surface area contributed by atoms with Gasteiger partial charge in [0.1, 0.15) is 11.5 Å². The monoisotopic (exact) mass is 892 g/mol. The second kappa shape index (κ2) is 22.6. The summed E-state index contributed by atoms with van der Waals surface area (Å²) < 4.78 is 18.2. The number of hydrogen-bond donors (Lipinski definition) is 0. The topological polar surface area (TPSA) is 35.5 Å². The number of ether oxygens (including phenoxy) is 2. The maximum absolute atomic E-state index is 14.2. The third-order valence-corrected chi connectivity index (χ3v) is 19.3. The molecule has 0 aliphatic carbocycles. The molecular weight excluding hydrogens is 813 g/mol. The van der Waals surface area contributed by atoms with Gasteiger partial charge in [0.2, 0.25) is 0 Å². The number of carbonyl (C=O) groups excluding carboxylic acids is 1. The quantitative estimate of drug-likeness (QED) is 0.0469. The second-order valence-electron chi connectivity index (χ2n) is 18.8. The van der Waals surface area contributed by atoms with Gasteiger partial charge in [-0.25, -0.2) is 0 Å². The van der Waals surface area contributed by atoms with Crippen LogP contribution in [0.3, 0.4) is 0 Å². The Bertz CT molecular complexity index is 2030. The maximum Gasteiger partial charge on any atom is 0.175 e. The average molecular weight is 893 g/mol. The number of fused-ring (bicyclic) bond motifs is 3. The summed E-state index contributed by atoms with van der Waals surface area (Å²) in [6, 6.07) is 7.21. The predicted octanol–water partition coefficient (Wildman–Crippen LogP) is 19.2. The molecule has 4 heterocycles. The van der Waals surface area contributed by atoms with Gasteiger partial charge < -0.3 is 9.47 Å². The third kappa shape index (κ3) is 10.9. The number of Topliss-reactive ketones (excluding diaryl/α,β-unsaturated/α-hetero) is 1. The van der Waals surface area contributed by atoms with E-state index in [-0.39, 0.29) is 16.7 Å². The fourth-order valence-electron chi connectivity index (χ4n) is 9.19. The molecule has 0 radical (unpaired) electrons. The van der Waals surface area contributed by atoms with Crippen LogP contribution in [0.2, 0.25) is 0 Å². The molecule has 5 rings (SSSR count). The first-order valence-corrected chi connectivity index (χ1v) is 27.6. The number of thiophene rings is 4. The normalized spacial score (nSPS) is 14.9. The van der Waals surface area contributed by atoms with Gasteiger partial charge in [-0.15, -0.1) is 45.3 Å². The Morgan fingerprint density at radius 2 is 1.17 bits per heavy atom. The zero-order chi connectivity index (χ0) is 43.6. The minimum Gasteiger partial charge on any atom is -0.491 e. The lowest BCUT2D eigenvalue weighted by molar-refractivity contribution is 0.0912. The lowest BCUT2D eigenvalue weighted by Crippen LogP contribution is -2.18. The molecule has 5 aromatic rings. The van der Waals surface area contributed by atoms with E-state index >= 15 is 0 Å². The van der Waals surface area contributed by atoms with E-state index in [0.29, 0.717) is 17.6 Å². The van der Waals surface area contributed by atoms with Gasteiger partial charge in [-0.2, -0.15) is 0 Å². The van der Waals surface area contributed by atoms with Crippen LogP contribution in [-0.2, 0) is 10.8 Å². The van der Waals surface area contributed by atoms with E-state index in [1.165, 1.54) is 88.3 Å². The van der Waals surface area contributed by atoms with Crippen LogP contribution in [0, 0.1) is 17.8 Å². The van der Waals surface area contributed by atoms with Crippen molar-refractivity contribution in [1.29, 1.82) is 0 Å². The molecular formula is C53H80O3S4. The first-order valence-electron chi connectivity index (χ1n) is 24.3. The summed E-state index contributed by atoms with van der Waals surface area (Å²) in [7, 11) is 0. The number of ketones is 1. The van der Waals surface area contributed by atoms with E-state index in [9.17, 15) is 4.79 Å². The standard InChI is InChI=1S/C53H80O3S4/c1-13-22-25-35(18-6)33-55-45-38-30-42(47-40-31-41(44(54)37(20-8)27-24-15-3)57-50(40)51(60-47)53(12,21-9)29-17-5)58-48(38)46(56-34-36(19-7)26-23-14-2)39-32-43(59-49(39)45)52(10,11)28-16-4/h30-32,35-37H,13-29,33-34H2,1-12H3. The molecule has 4 aromatic heterocycles. The van der Waals surface area contributed by atoms with Crippen molar-refractivity contribution in [2.45, 2.75) is 203 Å². The Kier molecular flexibility index (Phi) is 18.5. The van der Waals surface area contributed by atoms with E-state index in [4.69, 9.17) is 9.47 Å². The van der Waals surface area contributed by atoms with Crippen LogP contribution in [0.4, 0.5) is 0 Å². The van der Waals surface area contributed by atoms with E-state index in [2.05, 4.69) is 101 Å². The molecule has 334 valence electrons. The smallest absolute Gasteiger partial charge is 0.175 e. The largest absolute Gasteiger partial charge is 0.491 e. The lowest BCUT2D eigenvalue weighted by atomic mass is 9.81. The molecule has 3 nitrogen and oxygen atoms in total. The van der Waals surface area contributed by atoms with Crippen LogP contribution >= 0.6 is 45.3 Å². The first kappa shape index (κ1) is 49.1. The second-order valence-corrected chi connectivity index (χ2v) is 23.0. The van der Waals surface area contributed by atoms with Crippen LogP contribution in [-0.4, -0.2) is 19.0 Å². The van der Waals surface area contributed by atoms with Gasteiger partial charge in [0, 0.05) is 42.1 Å². The molecule has 0 aliphatic heterocycles. The molecule has 1 aromatic carbocycles. The van der Waals surface area contributed by atoms with E-state index in [1.807, 2.05) is 34.0 Å². The number of unbranched alkanes of at least 4 members (excludes halogenated alkanes) is 3. The molecule has 0 saturated heterocycles. The van der Waals surface area contributed by atoms with Crippen molar-refractivity contribution >= 4 is 81.4 Å². The van der Waals surface area contributed by atoms with Gasteiger partial charge in [-0.3, -0.25) is 4.79 Å². The molecule has 60 heavy (non-hydrogen) atoms. The fourth-order valence-corrected chi connectivity index (χ4v) is 14.8. The van der Waals surface area contributed by atoms with Gasteiger partial charge in [0.15, 0.2) is 5.78 Å². The van der Waals surface area contributed by atoms with Crippen molar-refractivity contribution < 1.29 is 14.3 Å². The van der Waals surface area contributed by atoms with Crippen LogP contribution in [0.15, 0.2) is 18.2 Å². The first-order chi connectivity index (χ1) is 28.9. The van der Waals surface area contributed by atoms with Crippen molar-refractivity contribution in [2.75, 3.05) is 13.2 Å². The zero-order valence-electron chi connectivity index (χ0n) is 39.8. The summed E-state index contributed by atoms with van der Waals surface area (Å²) in [6.07, 6.45) is 19.3. The summed E-state index contributed by atoms with van der Waals surface area (Å²) in [5.41, 5.74) is 0.120. The number of carbonyl (C=O) groups is 1. The van der Waals surface area contributed by atoms with Crippen LogP contribution in [0.5, 0.6) is 11.5 Å². The summed E-state index contributed by atoms with van der Waals surface area (Å²) >= 11 is 7.60. The fraction of sp³-hybridized carbons (Fsp3) is 0.679. The molecule has 4 unspecified atom stereocenters. The van der Waals surface area contributed by atoms with Crippen molar-refractivity contribution in [2.24, 2.45) is 17.8 Å². The van der Waals surface area contributed by atoms with Crippen LogP contribution < -0.4 is 9.47 Å². The van der Waals surface area contributed by atoms with Gasteiger partial charge in [0.25, 0.3) is 0 Å². The summed E-state index contributed by atoms with van der Waals surface area (Å²) in [5, 5.41) is 3.68. The molecule has 0 aliphatic rings. The van der Waals surface area contributed by atoms with Crippen molar-refractivity contribution in [1.82, 2.24) is 0 Å². The molecule has 7 heteroatoms. The van der Waals surface area contributed by atoms with E-state index in [1.54, 1.807) is 11.3 Å². The molecule has 0 saturated carbocycles. The van der Waals surface area contributed by atoms with Crippen LogP contribution in [0.1, 0.15) is 212 Å². The highest BCUT2D eigenvalue weighted by Gasteiger charge is 2.34. The molecule has 0 amide bonds. The number of hydrogen-bond acceptors (Lipinski definition) is 7. The highest BCUT2D eigenvalue weighted by Crippen LogP contribution is 2.56. The van der Waals surface area contributed by atoms with Crippen LogP contribution in [0.25, 0.3) is 40.0 Å². The maximum atomic E-state index is 14.2. The zero-order valence-corrected chi connectivity index (χ0v) is 43.0. The Morgan fingerprint density at radius 1 is 0.600 bits per heavy atom. The summed E-state index contributed by atoms with van der Waals surface area (Å²) in [6.45, 7) is 29.4. The van der Waals surface area contributed by atoms with Crippen molar-refractivity contribution in [3.63, 3.8) is 0 Å². The van der Waals surface area contributed by atoms with Crippen molar-refractivity contribution in [3.05, 3.63) is 32.8 Å². The summed E-state index contributed by atoms with van der Waals surface area (Å²) in [5.74, 6) is 3.58. The van der Waals surface area contributed by atoms with E-state index in [0.717, 1.165) is 100 Å². The van der Waals surface area contributed by atoms with Gasteiger partial charge in [-0.1, -0.05) is 147 Å². The Morgan fingerprint density at radius 3 is 1.70 bits per heavy atom. The minimum atomic E-state index is 0.0539. The van der Waals surface area contributed by atoms with E-state index < -0.39 is 0 Å². The third-order valence-electron chi connectivity index (χ3n) is 13.7. The number of rotatable bonds is 28. The Labute approximate surface area is 381 Å². The predicted molar refractivity (Wildman–Crippen MR) is 272 cm³/mol. The Hall–Kier alpha value is -1.93.